The van der Waals surface area contributed by atoms with Gasteiger partial charge in [0.15, 0.2) is 6.61 Å². The summed E-state index contributed by atoms with van der Waals surface area (Å²) in [5.41, 5.74) is 3.04. The lowest BCUT2D eigenvalue weighted by Crippen LogP contribution is -2.15. The van der Waals surface area contributed by atoms with E-state index in [0.717, 1.165) is 24.1 Å². The molecule has 0 spiro atoms. The second-order valence-electron chi connectivity index (χ2n) is 5.95. The summed E-state index contributed by atoms with van der Waals surface area (Å²) in [5, 5.41) is 15.7. The van der Waals surface area contributed by atoms with Crippen LogP contribution >= 0.6 is 0 Å². The highest BCUT2D eigenvalue weighted by molar-refractivity contribution is 6.05. The molecule has 1 amide bonds. The molecule has 7 heteroatoms. The number of aromatic nitrogens is 2. The molecule has 0 saturated heterocycles. The van der Waals surface area contributed by atoms with E-state index in [1.165, 1.54) is 0 Å². The summed E-state index contributed by atoms with van der Waals surface area (Å²) in [6.07, 6.45) is 3.78. The number of nitrogens with one attached hydrogen (secondary N) is 1. The van der Waals surface area contributed by atoms with Crippen molar-refractivity contribution in [2.75, 3.05) is 11.9 Å². The maximum Gasteiger partial charge on any atom is 0.341 e. The number of carboxylic acids is 1. The van der Waals surface area contributed by atoms with E-state index in [-0.39, 0.29) is 5.91 Å². The Morgan fingerprint density at radius 3 is 2.79 bits per heavy atom. The smallest absolute Gasteiger partial charge is 0.341 e. The molecule has 1 aromatic heterocycles. The minimum atomic E-state index is -1.03. The first kappa shape index (κ1) is 16.0. The van der Waals surface area contributed by atoms with E-state index in [0.29, 0.717) is 22.9 Å². The van der Waals surface area contributed by atoms with Gasteiger partial charge in [-0.3, -0.25) is 9.48 Å². The Bertz CT molecular complexity index is 793. The van der Waals surface area contributed by atoms with Crippen molar-refractivity contribution in [1.29, 1.82) is 0 Å². The van der Waals surface area contributed by atoms with Crippen LogP contribution < -0.4 is 10.1 Å². The molecule has 0 atom stereocenters. The largest absolute Gasteiger partial charge is 0.482 e. The van der Waals surface area contributed by atoms with E-state index < -0.39 is 12.6 Å². The predicted molar refractivity (Wildman–Crippen MR) is 87.4 cm³/mol. The topological polar surface area (TPSA) is 93.4 Å². The summed E-state index contributed by atoms with van der Waals surface area (Å²) in [7, 11) is 1.85. The van der Waals surface area contributed by atoms with E-state index in [1.54, 1.807) is 29.1 Å². The maximum atomic E-state index is 12.6. The Labute approximate surface area is 139 Å². The number of carbonyl (C=O) groups excluding carboxylic acids is 1. The van der Waals surface area contributed by atoms with Gasteiger partial charge < -0.3 is 15.2 Å². The molecule has 0 unspecified atom stereocenters. The van der Waals surface area contributed by atoms with Crippen molar-refractivity contribution in [1.82, 2.24) is 9.78 Å². The third-order valence-corrected chi connectivity index (χ3v) is 4.00. The van der Waals surface area contributed by atoms with Crippen LogP contribution in [0.4, 0.5) is 5.69 Å². The van der Waals surface area contributed by atoms with Gasteiger partial charge in [0.05, 0.1) is 17.5 Å². The number of anilines is 1. The van der Waals surface area contributed by atoms with Gasteiger partial charge in [-0.1, -0.05) is 0 Å². The summed E-state index contributed by atoms with van der Waals surface area (Å²) < 4.78 is 6.90. The van der Waals surface area contributed by atoms with E-state index >= 15 is 0 Å². The summed E-state index contributed by atoms with van der Waals surface area (Å²) in [5.74, 6) is -0.347. The van der Waals surface area contributed by atoms with Crippen molar-refractivity contribution in [3.63, 3.8) is 0 Å². The molecule has 0 radical (unpaired) electrons. The van der Waals surface area contributed by atoms with Gasteiger partial charge >= 0.3 is 5.97 Å². The van der Waals surface area contributed by atoms with Crippen LogP contribution in [0.3, 0.4) is 0 Å². The molecule has 1 heterocycles. The predicted octanol–water partition coefficient (Wildman–Crippen LogP) is 2.32. The lowest BCUT2D eigenvalue weighted by atomic mass is 10.1. The summed E-state index contributed by atoms with van der Waals surface area (Å²) in [6.45, 7) is 1.43. The van der Waals surface area contributed by atoms with Crippen molar-refractivity contribution in [2.24, 2.45) is 7.05 Å². The lowest BCUT2D eigenvalue weighted by molar-refractivity contribution is -0.139. The number of nitrogens with zero attached hydrogens (tertiary/aromatic N) is 2. The molecular weight excluding hydrogens is 310 g/mol. The van der Waals surface area contributed by atoms with Gasteiger partial charge in [-0.15, -0.1) is 0 Å². The van der Waals surface area contributed by atoms with Crippen LogP contribution in [0, 0.1) is 6.92 Å². The highest BCUT2D eigenvalue weighted by atomic mass is 16.5. The third-order valence-electron chi connectivity index (χ3n) is 4.00. The quantitative estimate of drug-likeness (QED) is 0.848. The average Bonchev–Trinajstić information content (AvgIpc) is 3.29. The van der Waals surface area contributed by atoms with Crippen molar-refractivity contribution in [3.05, 3.63) is 41.2 Å². The molecule has 2 aromatic rings. The van der Waals surface area contributed by atoms with Gasteiger partial charge in [0.1, 0.15) is 5.75 Å². The number of benzene rings is 1. The fourth-order valence-corrected chi connectivity index (χ4v) is 2.66. The van der Waals surface area contributed by atoms with Crippen LogP contribution in [0.25, 0.3) is 0 Å². The number of aliphatic carboxylic acids is 1. The molecule has 7 nitrogen and oxygen atoms in total. The molecule has 1 saturated carbocycles. The Kier molecular flexibility index (Phi) is 4.24. The number of carboxylic acid groups (broad SMARTS) is 1. The molecule has 1 aliphatic carbocycles. The number of rotatable bonds is 6. The van der Waals surface area contributed by atoms with E-state index in [1.807, 2.05) is 14.0 Å². The first-order chi connectivity index (χ1) is 11.5. The fraction of sp³-hybridized carbons (Fsp3) is 0.353. The van der Waals surface area contributed by atoms with Crippen LogP contribution in [-0.4, -0.2) is 33.4 Å². The average molecular weight is 329 g/mol. The number of carbonyl (C=O) groups is 2. The number of aryl methyl sites for hydroxylation is 2. The zero-order chi connectivity index (χ0) is 17.3. The van der Waals surface area contributed by atoms with Gasteiger partial charge in [0, 0.05) is 18.7 Å². The van der Waals surface area contributed by atoms with Gasteiger partial charge in [0.25, 0.3) is 5.91 Å². The van der Waals surface area contributed by atoms with E-state index in [9.17, 15) is 9.59 Å². The van der Waals surface area contributed by atoms with Gasteiger partial charge in [-0.2, -0.15) is 5.10 Å². The first-order valence-corrected chi connectivity index (χ1v) is 7.74. The highest BCUT2D eigenvalue weighted by Crippen LogP contribution is 2.41. The number of hydrogen-bond acceptors (Lipinski definition) is 4. The van der Waals surface area contributed by atoms with Crippen LogP contribution in [-0.2, 0) is 11.8 Å². The Morgan fingerprint density at radius 2 is 2.17 bits per heavy atom. The molecule has 3 rings (SSSR count). The molecule has 126 valence electrons. The molecule has 24 heavy (non-hydrogen) atoms. The number of amides is 1. The second kappa shape index (κ2) is 6.35. The third kappa shape index (κ3) is 3.40. The Balaban J connectivity index is 1.74. The standard InChI is InChI=1S/C17H19N3O4/c1-10-7-12(24-9-15(21)22)5-6-14(10)19-17(23)13-8-18-20(2)16(13)11-3-4-11/h5-8,11H,3-4,9H2,1-2H3,(H,19,23)(H,21,22). The summed E-state index contributed by atoms with van der Waals surface area (Å²) in [6, 6.07) is 5.04. The van der Waals surface area contributed by atoms with Crippen molar-refractivity contribution < 1.29 is 19.4 Å². The Hall–Kier alpha value is -2.83. The monoisotopic (exact) mass is 329 g/mol. The number of ether oxygens (including phenoxy) is 1. The van der Waals surface area contributed by atoms with Crippen LogP contribution in [0.15, 0.2) is 24.4 Å². The van der Waals surface area contributed by atoms with Crippen LogP contribution in [0.2, 0.25) is 0 Å². The van der Waals surface area contributed by atoms with Gasteiger partial charge in [-0.05, 0) is 43.5 Å². The summed E-state index contributed by atoms with van der Waals surface area (Å²) in [4.78, 5) is 23.1. The first-order valence-electron chi connectivity index (χ1n) is 7.74. The molecular formula is C17H19N3O4. The summed E-state index contributed by atoms with van der Waals surface area (Å²) >= 11 is 0. The molecule has 2 N–H and O–H groups in total. The van der Waals surface area contributed by atoms with Gasteiger partial charge in [-0.25, -0.2) is 4.79 Å². The molecule has 1 aromatic carbocycles. The maximum absolute atomic E-state index is 12.6. The van der Waals surface area contributed by atoms with Crippen molar-refractivity contribution >= 4 is 17.6 Å². The zero-order valence-electron chi connectivity index (χ0n) is 13.6. The highest BCUT2D eigenvalue weighted by Gasteiger charge is 2.31. The number of hydrogen-bond donors (Lipinski definition) is 2. The molecule has 0 bridgehead atoms. The second-order valence-corrected chi connectivity index (χ2v) is 5.95. The van der Waals surface area contributed by atoms with Crippen LogP contribution in [0.5, 0.6) is 5.75 Å². The minimum Gasteiger partial charge on any atom is -0.482 e. The molecule has 0 aliphatic heterocycles. The normalized spacial score (nSPS) is 13.6. The van der Waals surface area contributed by atoms with Crippen molar-refractivity contribution in [2.45, 2.75) is 25.7 Å². The van der Waals surface area contributed by atoms with E-state index in [2.05, 4.69) is 10.4 Å². The van der Waals surface area contributed by atoms with E-state index in [4.69, 9.17) is 9.84 Å². The zero-order valence-corrected chi connectivity index (χ0v) is 13.6. The van der Waals surface area contributed by atoms with Crippen LogP contribution in [0.1, 0.15) is 40.4 Å². The SMILES string of the molecule is Cc1cc(OCC(=O)O)ccc1NC(=O)c1cnn(C)c1C1CC1. The van der Waals surface area contributed by atoms with Gasteiger partial charge in [0.2, 0.25) is 0 Å². The minimum absolute atomic E-state index is 0.188. The fourth-order valence-electron chi connectivity index (χ4n) is 2.66. The lowest BCUT2D eigenvalue weighted by Gasteiger charge is -2.11. The van der Waals surface area contributed by atoms with Crippen molar-refractivity contribution in [3.8, 4) is 5.75 Å². The molecule has 1 fully saturated rings. The Morgan fingerprint density at radius 1 is 1.42 bits per heavy atom. The molecule has 1 aliphatic rings.